The molecule has 0 aliphatic carbocycles. The summed E-state index contributed by atoms with van der Waals surface area (Å²) in [6, 6.07) is -1.60. The molecule has 0 bridgehead atoms. The number of hydrogen-bond donors (Lipinski definition) is 6. The maximum atomic E-state index is 12.4. The van der Waals surface area contributed by atoms with Crippen LogP contribution in [0, 0.1) is 0 Å². The Bertz CT molecular complexity index is 3280. The lowest BCUT2D eigenvalue weighted by molar-refractivity contribution is -0.151. The van der Waals surface area contributed by atoms with Gasteiger partial charge in [0.1, 0.15) is 31.1 Å². The van der Waals surface area contributed by atoms with Crippen molar-refractivity contribution in [3.63, 3.8) is 0 Å². The molecule has 2 aliphatic rings. The Kier molecular flexibility index (Phi) is 38.2. The molecule has 0 spiro atoms. The minimum Gasteiger partial charge on any atom is -0.480 e. The smallest absolute Gasteiger partial charge is 0.328 e. The van der Waals surface area contributed by atoms with Crippen molar-refractivity contribution in [2.45, 2.75) is 193 Å². The molecular formula is C70H96N10O11. The van der Waals surface area contributed by atoms with Crippen molar-refractivity contribution in [1.29, 1.82) is 0 Å². The predicted molar refractivity (Wildman–Crippen MR) is 358 cm³/mol. The van der Waals surface area contributed by atoms with E-state index in [4.69, 9.17) is 24.4 Å². The van der Waals surface area contributed by atoms with Crippen molar-refractivity contribution >= 4 is 46.1 Å². The summed E-state index contributed by atoms with van der Waals surface area (Å²) in [6.45, 7) is 7.44. The third-order valence-electron chi connectivity index (χ3n) is 13.9. The predicted octanol–water partition coefficient (Wildman–Crippen LogP) is 12.2. The Morgan fingerprint density at radius 2 is 0.868 bits per heavy atom. The number of aliphatic hydroxyl groups is 1. The summed E-state index contributed by atoms with van der Waals surface area (Å²) in [5.74, 6) is -1.97. The van der Waals surface area contributed by atoms with Gasteiger partial charge in [0.2, 0.25) is 11.8 Å². The fourth-order valence-electron chi connectivity index (χ4n) is 8.94. The number of ether oxygens (including phenoxy) is 3. The second-order valence-corrected chi connectivity index (χ2v) is 21.3. The Hall–Kier alpha value is -8.66. The molecule has 2 saturated heterocycles. The van der Waals surface area contributed by atoms with Gasteiger partial charge in [-0.3, -0.25) is 33.1 Å². The number of nitrogens with one attached hydrogen (secondary N) is 4. The van der Waals surface area contributed by atoms with E-state index in [1.807, 2.05) is 24.3 Å². The number of hydrogen-bond acceptors (Lipinski definition) is 14. The molecule has 6 N–H and O–H groups in total. The molecule has 2 aliphatic heterocycles. The SMILES string of the molecule is CC/C=C\C/C=C\C/C=C\C/C=C\C/C=C\C/C=C\CCC(=O)N[C@@H](C)C(=O)O.CC/C=C\C/C=C\C/C=C\C/C=C\C/C=C\C/C=C\CCC(=O)N[C@@H](C)C(=O)OC[C@@H]1CCC(n2cnc3c(=O)[nH]cnc32)O1.O=c1[nH]cnc2c1ncn2C1CC[C@@H](CO)O1. The number of carbonyl (C=O) groups is 4. The normalized spacial score (nSPS) is 17.9. The zero-order valence-electron chi connectivity index (χ0n) is 53.4. The van der Waals surface area contributed by atoms with Crippen molar-refractivity contribution in [1.82, 2.24) is 49.7 Å². The molecule has 492 valence electrons. The molecule has 0 saturated carbocycles. The van der Waals surface area contributed by atoms with Gasteiger partial charge in [0.05, 0.1) is 44.1 Å². The van der Waals surface area contributed by atoms with Crippen LogP contribution in [0.5, 0.6) is 0 Å². The minimum absolute atomic E-state index is 0.0111. The van der Waals surface area contributed by atoms with E-state index in [0.717, 1.165) is 89.9 Å². The molecule has 6 heterocycles. The standard InChI is InChI=1S/C35H47N5O5.C25H37NO3.C10H12N4O3/c1-3-4-5-6-7-8-9-10-11-12-13-14-15-16-17-18-19-20-21-22-30(41)39-28(2)35(43)44-25-29-23-24-31(45-29)40-27-38-32-33(40)36-26-37-34(32)42;1-3-4-5-6-7-8-9-10-11-12-13-14-15-16-17-18-19-20-21-22-24(27)26-23(2)25(28)29;15-3-6-1-2-7(17-6)14-5-13-8-9(14)11-4-12-10(8)16/h4-5,7-8,10-11,13-14,16-17,19-20,26-29,31H,3,6,9,12,15,18,21-25H2,1-2H3,(H,39,41)(H,36,37,42);4-5,7-8,10-11,13-14,16-17,19-20,23H,3,6,9,12,15,18,21-22H2,1-2H3,(H,26,27)(H,28,29);4-7,15H,1-3H2,(H,11,12,16)/b2*5-4-,8-7-,11-10-,14-13-,17-16-,20-19-;/t28-,29-,31?;23-;6-,7?/m000/s1. The van der Waals surface area contributed by atoms with E-state index in [2.05, 4.69) is 176 Å². The first-order chi connectivity index (χ1) is 44.4. The molecule has 6 atom stereocenters. The van der Waals surface area contributed by atoms with E-state index in [9.17, 15) is 28.8 Å². The van der Waals surface area contributed by atoms with Gasteiger partial charge in [0.25, 0.3) is 11.1 Å². The second kappa shape index (κ2) is 46.4. The number of nitrogens with zero attached hydrogens (tertiary/aromatic N) is 6. The number of amides is 2. The van der Waals surface area contributed by atoms with Crippen LogP contribution < -0.4 is 21.8 Å². The number of aliphatic hydroxyl groups excluding tert-OH is 1. The fraction of sp³-hybridized carbons (Fsp3) is 0.457. The summed E-state index contributed by atoms with van der Waals surface area (Å²) >= 11 is 0. The van der Waals surface area contributed by atoms with Gasteiger partial charge in [-0.25, -0.2) is 24.7 Å². The molecular weight excluding hydrogens is 1160 g/mol. The summed E-state index contributed by atoms with van der Waals surface area (Å²) in [5, 5.41) is 22.9. The summed E-state index contributed by atoms with van der Waals surface area (Å²) in [4.78, 5) is 91.6. The number of fused-ring (bicyclic) bond motifs is 2. The number of imidazole rings is 2. The zero-order valence-corrected chi connectivity index (χ0v) is 53.4. The number of aromatic nitrogens is 8. The molecule has 91 heavy (non-hydrogen) atoms. The Balaban J connectivity index is 0.000000325. The highest BCUT2D eigenvalue weighted by molar-refractivity contribution is 5.84. The topological polar surface area (TPSA) is 288 Å². The highest BCUT2D eigenvalue weighted by Gasteiger charge is 2.30. The highest BCUT2D eigenvalue weighted by atomic mass is 16.6. The molecule has 0 radical (unpaired) electrons. The van der Waals surface area contributed by atoms with Crippen LogP contribution in [0.2, 0.25) is 0 Å². The second-order valence-electron chi connectivity index (χ2n) is 21.3. The van der Waals surface area contributed by atoms with Gasteiger partial charge in [-0.1, -0.05) is 160 Å². The van der Waals surface area contributed by atoms with E-state index < -0.39 is 24.0 Å². The maximum Gasteiger partial charge on any atom is 0.328 e. The molecule has 4 aromatic rings. The van der Waals surface area contributed by atoms with Crippen LogP contribution in [0.15, 0.2) is 181 Å². The molecule has 2 unspecified atom stereocenters. The Labute approximate surface area is 535 Å². The lowest BCUT2D eigenvalue weighted by Crippen LogP contribution is -2.40. The Morgan fingerprint density at radius 1 is 0.527 bits per heavy atom. The highest BCUT2D eigenvalue weighted by Crippen LogP contribution is 2.31. The van der Waals surface area contributed by atoms with Gasteiger partial charge in [-0.05, 0) is 129 Å². The van der Waals surface area contributed by atoms with Gasteiger partial charge in [0, 0.05) is 12.8 Å². The van der Waals surface area contributed by atoms with Crippen LogP contribution in [0.4, 0.5) is 0 Å². The van der Waals surface area contributed by atoms with E-state index in [-0.39, 0.29) is 66.3 Å². The number of carbonyl (C=O) groups excluding carboxylic acids is 3. The quantitative estimate of drug-likeness (QED) is 0.0181. The van der Waals surface area contributed by atoms with Crippen LogP contribution in [-0.2, 0) is 33.4 Å². The van der Waals surface area contributed by atoms with Crippen LogP contribution >= 0.6 is 0 Å². The fourth-order valence-corrected chi connectivity index (χ4v) is 8.94. The molecule has 6 rings (SSSR count). The number of allylic oxidation sites excluding steroid dienone is 24. The Morgan fingerprint density at radius 3 is 1.22 bits per heavy atom. The lowest BCUT2D eigenvalue weighted by Gasteiger charge is -2.17. The summed E-state index contributed by atoms with van der Waals surface area (Å²) in [6.07, 6.45) is 72.4. The van der Waals surface area contributed by atoms with Crippen molar-refractivity contribution < 1.29 is 43.6 Å². The van der Waals surface area contributed by atoms with E-state index in [1.54, 1.807) is 22.4 Å². The van der Waals surface area contributed by atoms with Crippen molar-refractivity contribution in [3.8, 4) is 0 Å². The van der Waals surface area contributed by atoms with E-state index >= 15 is 0 Å². The summed E-state index contributed by atoms with van der Waals surface area (Å²) in [7, 11) is 0. The molecule has 4 aromatic heterocycles. The maximum absolute atomic E-state index is 12.4. The first-order valence-corrected chi connectivity index (χ1v) is 31.9. The third-order valence-corrected chi connectivity index (χ3v) is 13.9. The molecule has 0 aromatic carbocycles. The summed E-state index contributed by atoms with van der Waals surface area (Å²) in [5.41, 5.74) is 0.949. The van der Waals surface area contributed by atoms with Crippen molar-refractivity contribution in [3.05, 3.63) is 192 Å². The van der Waals surface area contributed by atoms with Gasteiger partial charge in [0.15, 0.2) is 22.3 Å². The molecule has 21 heteroatoms. The molecule has 2 amide bonds. The van der Waals surface area contributed by atoms with Crippen molar-refractivity contribution in [2.75, 3.05) is 13.2 Å². The lowest BCUT2D eigenvalue weighted by atomic mass is 10.2. The van der Waals surface area contributed by atoms with Crippen LogP contribution in [-0.4, -0.2) is 111 Å². The number of carboxylic acid groups (broad SMARTS) is 1. The number of aromatic amines is 2. The largest absolute Gasteiger partial charge is 0.480 e. The van der Waals surface area contributed by atoms with Gasteiger partial charge in [-0.2, -0.15) is 0 Å². The minimum atomic E-state index is -1.02. The summed E-state index contributed by atoms with van der Waals surface area (Å²) < 4.78 is 20.5. The number of aliphatic carboxylic acids is 1. The average Bonchev–Trinajstić information content (AvgIpc) is 1.75. The van der Waals surface area contributed by atoms with E-state index in [0.29, 0.717) is 55.3 Å². The van der Waals surface area contributed by atoms with Gasteiger partial charge < -0.3 is 45.0 Å². The number of esters is 1. The first-order valence-electron chi connectivity index (χ1n) is 31.9. The first kappa shape index (κ1) is 74.8. The number of rotatable bonds is 37. The monoisotopic (exact) mass is 1250 g/mol. The van der Waals surface area contributed by atoms with Crippen molar-refractivity contribution in [2.24, 2.45) is 0 Å². The van der Waals surface area contributed by atoms with Gasteiger partial charge in [-0.15, -0.1) is 0 Å². The zero-order chi connectivity index (χ0) is 65.5. The molecule has 21 nitrogen and oxygen atoms in total. The van der Waals surface area contributed by atoms with Gasteiger partial charge >= 0.3 is 11.9 Å². The number of carboxylic acids is 1. The van der Waals surface area contributed by atoms with Crippen LogP contribution in [0.25, 0.3) is 22.3 Å². The number of H-pyrrole nitrogens is 2. The molecule has 2 fully saturated rings. The van der Waals surface area contributed by atoms with E-state index in [1.165, 1.54) is 25.9 Å². The van der Waals surface area contributed by atoms with Crippen LogP contribution in [0.3, 0.4) is 0 Å². The third kappa shape index (κ3) is 31.1. The average molecular weight is 1250 g/mol. The van der Waals surface area contributed by atoms with Crippen LogP contribution in [0.1, 0.15) is 169 Å².